The summed E-state index contributed by atoms with van der Waals surface area (Å²) in [6.07, 6.45) is 6.60. The van der Waals surface area contributed by atoms with Crippen molar-refractivity contribution in [3.63, 3.8) is 0 Å². The maximum Gasteiger partial charge on any atom is 0.309 e. The Labute approximate surface area is 194 Å². The Kier molecular flexibility index (Phi) is 8.84. The van der Waals surface area contributed by atoms with Gasteiger partial charge in [0.1, 0.15) is 0 Å². The van der Waals surface area contributed by atoms with Crippen molar-refractivity contribution in [2.45, 2.75) is 64.9 Å². The van der Waals surface area contributed by atoms with Crippen LogP contribution in [0.4, 0.5) is 5.69 Å². The monoisotopic (exact) mass is 461 g/mol. The predicted octanol–water partition coefficient (Wildman–Crippen LogP) is 3.87. The minimum Gasteiger partial charge on any atom is -0.485 e. The van der Waals surface area contributed by atoms with E-state index in [1.165, 1.54) is 0 Å². The number of carbonyl (C=O) groups excluding carboxylic acids is 2. The van der Waals surface area contributed by atoms with Crippen molar-refractivity contribution in [3.05, 3.63) is 29.7 Å². The number of hydrogen-bond acceptors (Lipinski definition) is 7. The molecular formula is C23H31N3O5S. The van der Waals surface area contributed by atoms with Gasteiger partial charge in [-0.15, -0.1) is 0 Å². The summed E-state index contributed by atoms with van der Waals surface area (Å²) in [5.41, 5.74) is 1.67. The Hall–Kier alpha value is -2.68. The summed E-state index contributed by atoms with van der Waals surface area (Å²) in [6.45, 7) is 4.96. The Morgan fingerprint density at radius 2 is 2.09 bits per heavy atom. The van der Waals surface area contributed by atoms with E-state index in [0.29, 0.717) is 50.5 Å². The fourth-order valence-electron chi connectivity index (χ4n) is 3.80. The molecule has 1 aromatic heterocycles. The number of nitrogens with zero attached hydrogens (tertiary/aromatic N) is 1. The van der Waals surface area contributed by atoms with Crippen LogP contribution in [0.5, 0.6) is 5.88 Å². The lowest BCUT2D eigenvalue weighted by molar-refractivity contribution is -0.148. The number of ether oxygens (including phenoxy) is 3. The van der Waals surface area contributed by atoms with Crippen molar-refractivity contribution in [3.8, 4) is 5.88 Å². The molecule has 3 rings (SSSR count). The largest absolute Gasteiger partial charge is 0.485 e. The number of rotatable bonds is 9. The molecular weight excluding hydrogens is 430 g/mol. The zero-order valence-corrected chi connectivity index (χ0v) is 19.5. The molecule has 0 radical (unpaired) electrons. The molecule has 1 aliphatic carbocycles. The van der Waals surface area contributed by atoms with Crippen LogP contribution in [-0.4, -0.2) is 41.3 Å². The lowest BCUT2D eigenvalue weighted by Gasteiger charge is -2.21. The summed E-state index contributed by atoms with van der Waals surface area (Å²) in [4.78, 5) is 28.9. The van der Waals surface area contributed by atoms with Crippen LogP contribution in [0.25, 0.3) is 0 Å². The van der Waals surface area contributed by atoms with Gasteiger partial charge in [0, 0.05) is 18.9 Å². The molecule has 0 bridgehead atoms. The second kappa shape index (κ2) is 11.8. The third kappa shape index (κ3) is 6.66. The van der Waals surface area contributed by atoms with E-state index in [0.717, 1.165) is 30.6 Å². The molecule has 9 heteroatoms. The first-order chi connectivity index (χ1) is 15.5. The predicted molar refractivity (Wildman–Crippen MR) is 124 cm³/mol. The van der Waals surface area contributed by atoms with E-state index in [9.17, 15) is 9.59 Å². The maximum absolute atomic E-state index is 12.6. The van der Waals surface area contributed by atoms with E-state index >= 15 is 0 Å². The van der Waals surface area contributed by atoms with Gasteiger partial charge in [-0.2, -0.15) is 0 Å². The van der Waals surface area contributed by atoms with Crippen molar-refractivity contribution in [1.29, 1.82) is 0 Å². The maximum atomic E-state index is 12.6. The van der Waals surface area contributed by atoms with E-state index in [2.05, 4.69) is 22.5 Å². The fraction of sp³-hybridized carbons (Fsp3) is 0.565. The second-order valence-corrected chi connectivity index (χ2v) is 8.32. The minimum absolute atomic E-state index is 0.159. The molecule has 2 N–H and O–H groups in total. The molecule has 2 unspecified atom stereocenters. The quantitative estimate of drug-likeness (QED) is 0.325. The normalized spacial score (nSPS) is 19.6. The average molecular weight is 462 g/mol. The van der Waals surface area contributed by atoms with Crippen LogP contribution >= 0.6 is 12.2 Å². The first kappa shape index (κ1) is 24.0. The molecule has 8 nitrogen and oxygen atoms in total. The van der Waals surface area contributed by atoms with Gasteiger partial charge in [0.15, 0.2) is 11.2 Å². The first-order valence-electron chi connectivity index (χ1n) is 11.2. The highest BCUT2D eigenvalue weighted by atomic mass is 32.1. The van der Waals surface area contributed by atoms with E-state index in [-0.39, 0.29) is 22.9 Å². The summed E-state index contributed by atoms with van der Waals surface area (Å²) in [5.74, 6) is 0.728. The van der Waals surface area contributed by atoms with Gasteiger partial charge in [-0.1, -0.05) is 19.8 Å². The number of pyridine rings is 1. The van der Waals surface area contributed by atoms with Crippen LogP contribution in [-0.2, 0) is 19.1 Å². The Morgan fingerprint density at radius 1 is 1.25 bits per heavy atom. The highest BCUT2D eigenvalue weighted by Gasteiger charge is 2.37. The van der Waals surface area contributed by atoms with E-state index < -0.39 is 6.10 Å². The number of nitrogens with one attached hydrogen (secondary N) is 2. The minimum atomic E-state index is -0.641. The molecule has 1 aromatic rings. The van der Waals surface area contributed by atoms with Gasteiger partial charge in [-0.05, 0) is 50.0 Å². The van der Waals surface area contributed by atoms with Gasteiger partial charge >= 0.3 is 5.97 Å². The molecule has 0 saturated heterocycles. The van der Waals surface area contributed by atoms with E-state index in [4.69, 9.17) is 26.4 Å². The van der Waals surface area contributed by atoms with Crippen molar-refractivity contribution in [2.24, 2.45) is 5.92 Å². The van der Waals surface area contributed by atoms with Gasteiger partial charge in [-0.25, -0.2) is 4.98 Å². The summed E-state index contributed by atoms with van der Waals surface area (Å²) < 4.78 is 16.6. The topological polar surface area (TPSA) is 98.8 Å². The number of anilines is 1. The summed E-state index contributed by atoms with van der Waals surface area (Å²) >= 11 is 5.26. The lowest BCUT2D eigenvalue weighted by Crippen LogP contribution is -2.40. The number of unbranched alkanes of at least 4 members (excludes halogenated alkanes) is 2. The summed E-state index contributed by atoms with van der Waals surface area (Å²) in [5, 5.41) is 5.80. The standard InChI is InChI=1S/C23H31N3O5S/c1-3-5-6-11-30-20-10-8-17(14-24-20)25-23(32)26-21(27)19-13-16-12-15(22(28)29-4-2)7-9-18(16)31-19/h8,10,14-15,19H,3-7,9,11-13H2,1-2H3,(H2,25,26,27,32). The molecule has 0 fully saturated rings. The van der Waals surface area contributed by atoms with Crippen LogP contribution in [0.2, 0.25) is 0 Å². The summed E-state index contributed by atoms with van der Waals surface area (Å²) in [6, 6.07) is 3.55. The molecule has 1 aliphatic heterocycles. The van der Waals surface area contributed by atoms with Gasteiger partial charge in [-0.3, -0.25) is 14.9 Å². The number of carbonyl (C=O) groups is 2. The van der Waals surface area contributed by atoms with Crippen LogP contribution in [0.1, 0.15) is 58.8 Å². The highest BCUT2D eigenvalue weighted by molar-refractivity contribution is 7.80. The van der Waals surface area contributed by atoms with Crippen LogP contribution in [0.15, 0.2) is 29.7 Å². The molecule has 1 amide bonds. The van der Waals surface area contributed by atoms with Gasteiger partial charge in [0.2, 0.25) is 5.88 Å². The third-order valence-corrected chi connectivity index (χ3v) is 5.67. The Bertz CT molecular complexity index is 856. The number of hydrogen-bond donors (Lipinski definition) is 2. The lowest BCUT2D eigenvalue weighted by atomic mass is 9.86. The van der Waals surface area contributed by atoms with Crippen molar-refractivity contribution in [2.75, 3.05) is 18.5 Å². The fourth-order valence-corrected chi connectivity index (χ4v) is 4.02. The highest BCUT2D eigenvalue weighted by Crippen LogP contribution is 2.39. The van der Waals surface area contributed by atoms with Gasteiger partial charge < -0.3 is 19.5 Å². The molecule has 0 spiro atoms. The molecule has 174 valence electrons. The van der Waals surface area contributed by atoms with Crippen LogP contribution < -0.4 is 15.4 Å². The Balaban J connectivity index is 1.43. The van der Waals surface area contributed by atoms with Crippen molar-refractivity contribution >= 4 is 34.9 Å². The first-order valence-corrected chi connectivity index (χ1v) is 11.7. The number of thiocarbonyl (C=S) groups is 1. The molecule has 32 heavy (non-hydrogen) atoms. The van der Waals surface area contributed by atoms with E-state index in [1.54, 1.807) is 25.3 Å². The number of allylic oxidation sites excluding steroid dienone is 1. The smallest absolute Gasteiger partial charge is 0.309 e. The molecule has 0 saturated carbocycles. The molecule has 0 aromatic carbocycles. The molecule has 2 aliphatic rings. The van der Waals surface area contributed by atoms with Gasteiger partial charge in [0.05, 0.1) is 36.8 Å². The second-order valence-electron chi connectivity index (χ2n) is 7.91. The molecule has 2 atom stereocenters. The zero-order chi connectivity index (χ0) is 22.9. The number of aromatic nitrogens is 1. The SMILES string of the molecule is CCCCCOc1ccc(NC(=S)NC(=O)C2CC3=C(CCC(C(=O)OCC)C3)O2)cn1. The van der Waals surface area contributed by atoms with Crippen molar-refractivity contribution in [1.82, 2.24) is 10.3 Å². The van der Waals surface area contributed by atoms with Crippen molar-refractivity contribution < 1.29 is 23.8 Å². The van der Waals surface area contributed by atoms with Crippen LogP contribution in [0, 0.1) is 5.92 Å². The average Bonchev–Trinajstić information content (AvgIpc) is 3.21. The van der Waals surface area contributed by atoms with Crippen LogP contribution in [0.3, 0.4) is 0 Å². The summed E-state index contributed by atoms with van der Waals surface area (Å²) in [7, 11) is 0. The van der Waals surface area contributed by atoms with Gasteiger partial charge in [0.25, 0.3) is 5.91 Å². The number of esters is 1. The Morgan fingerprint density at radius 3 is 2.81 bits per heavy atom. The van der Waals surface area contributed by atoms with E-state index in [1.807, 2.05) is 0 Å². The number of amides is 1. The zero-order valence-electron chi connectivity index (χ0n) is 18.6. The molecule has 2 heterocycles. The third-order valence-electron chi connectivity index (χ3n) is 5.46.